The van der Waals surface area contributed by atoms with E-state index >= 15 is 0 Å². The van der Waals surface area contributed by atoms with Gasteiger partial charge in [0.05, 0.1) is 0 Å². The van der Waals surface area contributed by atoms with E-state index in [-0.39, 0.29) is 0 Å². The summed E-state index contributed by atoms with van der Waals surface area (Å²) in [7, 11) is 0. The number of allylic oxidation sites excluding steroid dienone is 8. The molecule has 93 valence electrons. The molecule has 0 fully saturated rings. The number of rotatable bonds is 10. The Bertz CT molecular complexity index is 269. The zero-order valence-electron chi connectivity index (χ0n) is 10.8. The normalized spacial score (nSPS) is 12.5. The molecule has 0 N–H and O–H groups in total. The van der Waals surface area contributed by atoms with E-state index < -0.39 is 0 Å². The summed E-state index contributed by atoms with van der Waals surface area (Å²) in [6.07, 6.45) is 24.4. The van der Waals surface area contributed by atoms with Crippen molar-refractivity contribution >= 4 is 6.29 Å². The first-order valence-corrected chi connectivity index (χ1v) is 6.44. The number of hydrogen-bond donors (Lipinski definition) is 0. The van der Waals surface area contributed by atoms with Gasteiger partial charge >= 0.3 is 0 Å². The highest BCUT2D eigenvalue weighted by atomic mass is 16.1. The van der Waals surface area contributed by atoms with Crippen LogP contribution in [0.5, 0.6) is 0 Å². The van der Waals surface area contributed by atoms with Crippen molar-refractivity contribution in [3.63, 3.8) is 0 Å². The van der Waals surface area contributed by atoms with E-state index in [4.69, 9.17) is 0 Å². The Morgan fingerprint density at radius 2 is 1.47 bits per heavy atom. The van der Waals surface area contributed by atoms with Crippen molar-refractivity contribution in [1.82, 2.24) is 0 Å². The molecule has 17 heavy (non-hydrogen) atoms. The lowest BCUT2D eigenvalue weighted by molar-refractivity contribution is 0.564. The molecule has 0 atom stereocenters. The predicted molar refractivity (Wildman–Crippen MR) is 75.6 cm³/mol. The van der Waals surface area contributed by atoms with Gasteiger partial charge in [-0.2, -0.15) is 0 Å². The Balaban J connectivity index is 3.40. The Hall–Kier alpha value is -1.37. The van der Waals surface area contributed by atoms with E-state index in [1.165, 1.54) is 38.2 Å². The zero-order valence-corrected chi connectivity index (χ0v) is 10.8. The smallest absolute Gasteiger partial charge is 0.225 e. The third-order valence-electron chi connectivity index (χ3n) is 2.33. The van der Waals surface area contributed by atoms with Gasteiger partial charge in [0.2, 0.25) is 6.29 Å². The van der Waals surface area contributed by atoms with Gasteiger partial charge < -0.3 is 0 Å². The quantitative estimate of drug-likeness (QED) is 0.303. The summed E-state index contributed by atoms with van der Waals surface area (Å²) in [4.78, 5) is 9.83. The molecule has 0 heterocycles. The van der Waals surface area contributed by atoms with Crippen molar-refractivity contribution in [3.8, 4) is 0 Å². The third kappa shape index (κ3) is 14.6. The summed E-state index contributed by atoms with van der Waals surface area (Å²) in [5, 5.41) is 0. The molecule has 0 aliphatic carbocycles. The van der Waals surface area contributed by atoms with E-state index in [1.54, 1.807) is 18.4 Å². The van der Waals surface area contributed by atoms with Gasteiger partial charge in [0, 0.05) is 0 Å². The molecule has 0 aliphatic heterocycles. The molecular weight excluding hydrogens is 208 g/mol. The maximum atomic E-state index is 9.83. The highest BCUT2D eigenvalue weighted by Gasteiger charge is 1.85. The van der Waals surface area contributed by atoms with Crippen LogP contribution >= 0.6 is 0 Å². The van der Waals surface area contributed by atoms with Gasteiger partial charge in [-0.15, -0.1) is 0 Å². The van der Waals surface area contributed by atoms with Gasteiger partial charge in [0.1, 0.15) is 0 Å². The molecule has 0 spiro atoms. The largest absolute Gasteiger partial charge is 0.286 e. The molecule has 0 aromatic heterocycles. The van der Waals surface area contributed by atoms with Crippen LogP contribution in [0, 0.1) is 0 Å². The highest BCUT2D eigenvalue weighted by Crippen LogP contribution is 2.05. The second-order valence-electron chi connectivity index (χ2n) is 3.88. The van der Waals surface area contributed by atoms with Gasteiger partial charge in [0.15, 0.2) is 0 Å². The third-order valence-corrected chi connectivity index (χ3v) is 2.33. The SMILES string of the molecule is CCCCCCC/C=C/C=C/C=C/C=C/[C]=O. The van der Waals surface area contributed by atoms with Crippen LogP contribution in [0.15, 0.2) is 48.6 Å². The fourth-order valence-corrected chi connectivity index (χ4v) is 1.39. The minimum Gasteiger partial charge on any atom is -0.286 e. The molecule has 1 radical (unpaired) electrons. The zero-order chi connectivity index (χ0) is 12.6. The van der Waals surface area contributed by atoms with Crippen LogP contribution in [-0.2, 0) is 4.79 Å². The second kappa shape index (κ2) is 14.6. The summed E-state index contributed by atoms with van der Waals surface area (Å²) < 4.78 is 0. The standard InChI is InChI=1S/C16H23O/c1-2-3-4-5-6-7-8-9-10-11-12-13-14-15-16-17/h8-15H,2-7H2,1H3/b9-8+,11-10+,13-12+,15-14+. The first-order chi connectivity index (χ1) is 8.41. The van der Waals surface area contributed by atoms with Crippen LogP contribution in [0.25, 0.3) is 0 Å². The molecule has 0 aromatic rings. The van der Waals surface area contributed by atoms with E-state index in [1.807, 2.05) is 18.2 Å². The lowest BCUT2D eigenvalue weighted by Crippen LogP contribution is -1.75. The average Bonchev–Trinajstić information content (AvgIpc) is 2.35. The van der Waals surface area contributed by atoms with Crippen molar-refractivity contribution in [1.29, 1.82) is 0 Å². The van der Waals surface area contributed by atoms with E-state index in [0.29, 0.717) is 0 Å². The molecule has 0 amide bonds. The number of hydrogen-bond acceptors (Lipinski definition) is 1. The van der Waals surface area contributed by atoms with Gasteiger partial charge in [0.25, 0.3) is 0 Å². The highest BCUT2D eigenvalue weighted by molar-refractivity contribution is 5.66. The summed E-state index contributed by atoms with van der Waals surface area (Å²) in [5.41, 5.74) is 0. The van der Waals surface area contributed by atoms with Crippen molar-refractivity contribution in [2.45, 2.75) is 45.4 Å². The van der Waals surface area contributed by atoms with Crippen LogP contribution in [-0.4, -0.2) is 6.29 Å². The van der Waals surface area contributed by atoms with Gasteiger partial charge in [-0.3, -0.25) is 4.79 Å². The maximum Gasteiger partial charge on any atom is 0.225 e. The second-order valence-corrected chi connectivity index (χ2v) is 3.88. The van der Waals surface area contributed by atoms with Crippen LogP contribution in [0.3, 0.4) is 0 Å². The molecule has 1 nitrogen and oxygen atoms in total. The maximum absolute atomic E-state index is 9.83. The van der Waals surface area contributed by atoms with E-state index in [9.17, 15) is 4.79 Å². The summed E-state index contributed by atoms with van der Waals surface area (Å²) in [6.45, 7) is 2.24. The van der Waals surface area contributed by atoms with Crippen LogP contribution in [0.4, 0.5) is 0 Å². The molecule has 0 saturated heterocycles. The monoisotopic (exact) mass is 231 g/mol. The summed E-state index contributed by atoms with van der Waals surface area (Å²) >= 11 is 0. The Kier molecular flexibility index (Phi) is 13.5. The van der Waals surface area contributed by atoms with Gasteiger partial charge in [-0.05, 0) is 18.9 Å². The first-order valence-electron chi connectivity index (χ1n) is 6.44. The molecule has 1 heteroatoms. The summed E-state index contributed by atoms with van der Waals surface area (Å²) in [6, 6.07) is 0. The minimum atomic E-state index is 1.16. The van der Waals surface area contributed by atoms with Crippen molar-refractivity contribution in [3.05, 3.63) is 48.6 Å². The lowest BCUT2D eigenvalue weighted by Gasteiger charge is -1.95. The van der Waals surface area contributed by atoms with Crippen molar-refractivity contribution in [2.24, 2.45) is 0 Å². The number of carbonyl (C=O) groups excluding carboxylic acids is 1. The van der Waals surface area contributed by atoms with Crippen LogP contribution in [0.1, 0.15) is 45.4 Å². The Morgan fingerprint density at radius 1 is 0.824 bits per heavy atom. The molecule has 0 bridgehead atoms. The topological polar surface area (TPSA) is 17.1 Å². The first kappa shape index (κ1) is 15.6. The van der Waals surface area contributed by atoms with Crippen molar-refractivity contribution < 1.29 is 4.79 Å². The minimum absolute atomic E-state index is 1.16. The Morgan fingerprint density at radius 3 is 2.18 bits per heavy atom. The average molecular weight is 231 g/mol. The summed E-state index contributed by atoms with van der Waals surface area (Å²) in [5.74, 6) is 0. The van der Waals surface area contributed by atoms with E-state index in [0.717, 1.165) is 6.42 Å². The fourth-order valence-electron chi connectivity index (χ4n) is 1.39. The molecule has 0 saturated carbocycles. The van der Waals surface area contributed by atoms with E-state index in [2.05, 4.69) is 19.1 Å². The van der Waals surface area contributed by atoms with Gasteiger partial charge in [-0.1, -0.05) is 75.1 Å². The Labute approximate surface area is 106 Å². The number of unbranched alkanes of at least 4 members (excludes halogenated alkanes) is 5. The lowest BCUT2D eigenvalue weighted by atomic mass is 10.1. The predicted octanol–water partition coefficient (Wildman–Crippen LogP) is 4.68. The fraction of sp³-hybridized carbons (Fsp3) is 0.438. The van der Waals surface area contributed by atoms with Crippen LogP contribution < -0.4 is 0 Å². The molecule has 0 aliphatic rings. The van der Waals surface area contributed by atoms with Crippen LogP contribution in [0.2, 0.25) is 0 Å². The molecule has 0 rings (SSSR count). The van der Waals surface area contributed by atoms with Crippen molar-refractivity contribution in [2.75, 3.05) is 0 Å². The molecule has 0 unspecified atom stereocenters. The molecule has 0 aromatic carbocycles. The molecular formula is C16H23O. The van der Waals surface area contributed by atoms with Gasteiger partial charge in [-0.25, -0.2) is 0 Å².